The summed E-state index contributed by atoms with van der Waals surface area (Å²) in [5.41, 5.74) is 13.4. The summed E-state index contributed by atoms with van der Waals surface area (Å²) < 4.78 is 24.3. The molecule has 0 spiro atoms. The van der Waals surface area contributed by atoms with E-state index in [1.807, 2.05) is 48.5 Å². The van der Waals surface area contributed by atoms with Crippen LogP contribution in [0.25, 0.3) is 44.1 Å². The van der Waals surface area contributed by atoms with Gasteiger partial charge in [-0.15, -0.1) is 0 Å². The van der Waals surface area contributed by atoms with E-state index in [9.17, 15) is 0 Å². The van der Waals surface area contributed by atoms with E-state index >= 15 is 0 Å². The average Bonchev–Trinajstić information content (AvgIpc) is 3.66. The molecule has 0 atom stereocenters. The molecule has 0 radical (unpaired) electrons. The standard InChI is InChI=1S/C56H50N3O4.Rb/c1-6-7-36-57-55-37-41(39-8-14-43(15-9-39)58(45-18-26-49(60-2)27-19-45)46-20-28-50(61-3)29-21-46)12-34-53(55)54-35-13-42(38-56(54)57)40-10-16-44(17-11-40)59(47-22-30-51(62-4)31-23-47)48-24-32-52(63-5)33-25-48;/h6,8-35,37-38H,7,36H2,1-5H3;/q-1;+1. The first-order chi connectivity index (χ1) is 31.0. The van der Waals surface area contributed by atoms with Gasteiger partial charge < -0.3 is 39.7 Å². The fourth-order valence-corrected chi connectivity index (χ4v) is 8.38. The van der Waals surface area contributed by atoms with Crippen LogP contribution in [-0.2, 0) is 6.54 Å². The molecule has 64 heavy (non-hydrogen) atoms. The van der Waals surface area contributed by atoms with Gasteiger partial charge >= 0.3 is 58.2 Å². The monoisotopic (exact) mass is 913 g/mol. The Labute approximate surface area is 425 Å². The van der Waals surface area contributed by atoms with Crippen LogP contribution in [-0.4, -0.2) is 33.0 Å². The number of aryl methyl sites for hydroxylation is 1. The van der Waals surface area contributed by atoms with Crippen LogP contribution in [0.3, 0.4) is 0 Å². The number of rotatable bonds is 15. The molecular formula is C56H50N3O4Rb. The van der Waals surface area contributed by atoms with Gasteiger partial charge in [-0.05, 0) is 162 Å². The normalized spacial score (nSPS) is 11.0. The van der Waals surface area contributed by atoms with Gasteiger partial charge in [0.25, 0.3) is 0 Å². The molecule has 0 N–H and O–H groups in total. The number of unbranched alkanes of at least 4 members (excludes halogenated alkanes) is 1. The Kier molecular flexibility index (Phi) is 14.2. The predicted molar refractivity (Wildman–Crippen MR) is 260 cm³/mol. The van der Waals surface area contributed by atoms with Crippen LogP contribution in [0.1, 0.15) is 13.3 Å². The van der Waals surface area contributed by atoms with Crippen molar-refractivity contribution in [3.05, 3.63) is 188 Å². The Morgan fingerprint density at radius 3 is 0.906 bits per heavy atom. The second kappa shape index (κ2) is 20.3. The zero-order valence-electron chi connectivity index (χ0n) is 37.3. The number of anilines is 6. The smallest absolute Gasteiger partial charge is 0.497 e. The molecule has 1 heterocycles. The number of nitrogens with zero attached hydrogens (tertiary/aromatic N) is 3. The molecule has 314 valence electrons. The van der Waals surface area contributed by atoms with E-state index < -0.39 is 0 Å². The van der Waals surface area contributed by atoms with Crippen molar-refractivity contribution in [3.8, 4) is 45.3 Å². The van der Waals surface area contributed by atoms with Gasteiger partial charge in [-0.1, -0.05) is 48.5 Å². The van der Waals surface area contributed by atoms with Gasteiger partial charge in [0.2, 0.25) is 0 Å². The molecule has 0 bridgehead atoms. The Hall–Kier alpha value is -5.83. The average molecular weight is 915 g/mol. The summed E-state index contributed by atoms with van der Waals surface area (Å²) in [5.74, 6) is 3.27. The zero-order valence-corrected chi connectivity index (χ0v) is 42.2. The summed E-state index contributed by atoms with van der Waals surface area (Å²) in [6.45, 7) is 3.02. The third kappa shape index (κ3) is 9.22. The van der Waals surface area contributed by atoms with Crippen molar-refractivity contribution in [1.82, 2.24) is 4.57 Å². The first kappa shape index (κ1) is 44.8. The number of ether oxygens (including phenoxy) is 4. The molecule has 8 aromatic carbocycles. The van der Waals surface area contributed by atoms with Crippen molar-refractivity contribution < 1.29 is 77.1 Å². The minimum Gasteiger partial charge on any atom is -0.497 e. The largest absolute Gasteiger partial charge is 1.00 e. The van der Waals surface area contributed by atoms with Crippen molar-refractivity contribution in [2.75, 3.05) is 38.2 Å². The Morgan fingerprint density at radius 2 is 0.641 bits per heavy atom. The van der Waals surface area contributed by atoms with E-state index in [1.54, 1.807) is 28.4 Å². The Bertz CT molecular complexity index is 2650. The van der Waals surface area contributed by atoms with Crippen LogP contribution in [0.2, 0.25) is 0 Å². The molecule has 0 fully saturated rings. The molecule has 9 rings (SSSR count). The second-order valence-corrected chi connectivity index (χ2v) is 15.4. The van der Waals surface area contributed by atoms with Crippen LogP contribution in [0.4, 0.5) is 34.1 Å². The molecule has 9 aromatic rings. The van der Waals surface area contributed by atoms with Gasteiger partial charge in [0.1, 0.15) is 23.0 Å². The van der Waals surface area contributed by atoms with Crippen LogP contribution < -0.4 is 86.9 Å². The zero-order chi connectivity index (χ0) is 43.3. The molecule has 0 unspecified atom stereocenters. The van der Waals surface area contributed by atoms with E-state index in [-0.39, 0.29) is 58.2 Å². The number of aromatic nitrogens is 1. The quantitative estimate of drug-likeness (QED) is 0.0955. The Balaban J connectivity index is 0.00000560. The van der Waals surface area contributed by atoms with E-state index in [2.05, 4.69) is 161 Å². The number of fused-ring (bicyclic) bond motifs is 3. The summed E-state index contributed by atoms with van der Waals surface area (Å²) in [6, 6.07) is 64.0. The number of methoxy groups -OCH3 is 4. The maximum atomic E-state index is 5.46. The summed E-state index contributed by atoms with van der Waals surface area (Å²) in [6.07, 6.45) is 3.22. The van der Waals surface area contributed by atoms with Gasteiger partial charge in [0.15, 0.2) is 0 Å². The number of hydrogen-bond acceptors (Lipinski definition) is 6. The third-order valence-corrected chi connectivity index (χ3v) is 11.7. The van der Waals surface area contributed by atoms with Gasteiger partial charge in [-0.25, -0.2) is 0 Å². The molecule has 7 nitrogen and oxygen atoms in total. The van der Waals surface area contributed by atoms with Gasteiger partial charge in [0.05, 0.1) is 28.4 Å². The topological polar surface area (TPSA) is 48.3 Å². The molecule has 1 aromatic heterocycles. The molecule has 0 aliphatic rings. The van der Waals surface area contributed by atoms with E-state index in [0.717, 1.165) is 81.2 Å². The number of hydrogen-bond donors (Lipinski definition) is 0. The SMILES string of the molecule is C[CH-]CCn1c2cc(-c3ccc(N(c4ccc(OC)cc4)c4ccc(OC)cc4)cc3)ccc2c2ccc(-c3ccc(N(c4ccc(OC)cc4)c4ccc(OC)cc4)cc3)cc21.[Rb+]. The van der Waals surface area contributed by atoms with Gasteiger partial charge in [-0.3, -0.25) is 0 Å². The van der Waals surface area contributed by atoms with E-state index in [4.69, 9.17) is 18.9 Å². The molecule has 0 saturated heterocycles. The molecular weight excluding hydrogens is 864 g/mol. The molecule has 0 aliphatic heterocycles. The van der Waals surface area contributed by atoms with Crippen LogP contribution in [0, 0.1) is 6.42 Å². The minimum absolute atomic E-state index is 0. The molecule has 8 heteroatoms. The summed E-state index contributed by atoms with van der Waals surface area (Å²) in [7, 11) is 6.76. The summed E-state index contributed by atoms with van der Waals surface area (Å²) in [5, 5.41) is 2.51. The van der Waals surface area contributed by atoms with Crippen LogP contribution in [0.5, 0.6) is 23.0 Å². The van der Waals surface area contributed by atoms with E-state index in [1.165, 1.54) is 32.9 Å². The maximum Gasteiger partial charge on any atom is 1.00 e. The van der Waals surface area contributed by atoms with Gasteiger partial charge in [0, 0.05) is 55.9 Å². The van der Waals surface area contributed by atoms with Crippen LogP contribution >= 0.6 is 0 Å². The second-order valence-electron chi connectivity index (χ2n) is 15.4. The summed E-state index contributed by atoms with van der Waals surface area (Å²) in [4.78, 5) is 4.49. The Morgan fingerprint density at radius 1 is 0.375 bits per heavy atom. The molecule has 0 saturated carbocycles. The van der Waals surface area contributed by atoms with Crippen molar-refractivity contribution >= 4 is 55.9 Å². The summed E-state index contributed by atoms with van der Waals surface area (Å²) >= 11 is 0. The third-order valence-electron chi connectivity index (χ3n) is 11.7. The van der Waals surface area contributed by atoms with Gasteiger partial charge in [-0.2, -0.15) is 13.3 Å². The molecule has 0 aliphatic carbocycles. The van der Waals surface area contributed by atoms with Crippen LogP contribution in [0.15, 0.2) is 182 Å². The minimum atomic E-state index is 0. The van der Waals surface area contributed by atoms with E-state index in [0.29, 0.717) is 0 Å². The van der Waals surface area contributed by atoms with Crippen molar-refractivity contribution in [2.45, 2.75) is 19.9 Å². The maximum absolute atomic E-state index is 5.46. The van der Waals surface area contributed by atoms with Crippen molar-refractivity contribution in [2.24, 2.45) is 0 Å². The fraction of sp³-hybridized carbons (Fsp3) is 0.125. The van der Waals surface area contributed by atoms with Crippen molar-refractivity contribution in [1.29, 1.82) is 0 Å². The fourth-order valence-electron chi connectivity index (χ4n) is 8.38. The predicted octanol–water partition coefficient (Wildman–Crippen LogP) is 11.7. The van der Waals surface area contributed by atoms with Crippen molar-refractivity contribution in [3.63, 3.8) is 0 Å². The number of benzene rings is 8. The molecule has 0 amide bonds. The first-order valence-electron chi connectivity index (χ1n) is 21.2. The first-order valence-corrected chi connectivity index (χ1v) is 21.2.